The lowest BCUT2D eigenvalue weighted by molar-refractivity contribution is -0.142. The van der Waals surface area contributed by atoms with Gasteiger partial charge in [0.2, 0.25) is 5.78 Å². The highest BCUT2D eigenvalue weighted by atomic mass is 16.5. The minimum atomic E-state index is -0.234. The second kappa shape index (κ2) is 13.9. The van der Waals surface area contributed by atoms with Crippen molar-refractivity contribution in [3.63, 3.8) is 0 Å². The van der Waals surface area contributed by atoms with Gasteiger partial charge in [0.25, 0.3) is 0 Å². The monoisotopic (exact) mass is 335 g/mol. The molecule has 0 aliphatic heterocycles. The van der Waals surface area contributed by atoms with Crippen LogP contribution in [0.2, 0.25) is 0 Å². The van der Waals surface area contributed by atoms with Crippen LogP contribution in [0.4, 0.5) is 5.69 Å². The van der Waals surface area contributed by atoms with Gasteiger partial charge in [-0.1, -0.05) is 6.92 Å². The molecule has 0 fully saturated rings. The van der Waals surface area contributed by atoms with Crippen molar-refractivity contribution < 1.29 is 24.2 Å². The molecule has 0 unspecified atom stereocenters. The lowest BCUT2D eigenvalue weighted by Gasteiger charge is -2.07. The molecule has 1 aromatic carbocycles. The Balaban J connectivity index is 0.000000640. The van der Waals surface area contributed by atoms with E-state index in [1.165, 1.54) is 6.11 Å². The van der Waals surface area contributed by atoms with Crippen molar-refractivity contribution in [2.75, 3.05) is 25.1 Å². The highest BCUT2D eigenvalue weighted by Crippen LogP contribution is 2.15. The number of aliphatic hydroxyl groups excluding tert-OH is 1. The number of carbonyl (C=O) groups excluding carboxylic acids is 2. The lowest BCUT2D eigenvalue weighted by atomic mass is 10.3. The molecule has 0 aliphatic rings. The molecule has 0 spiro atoms. The molecule has 0 aromatic heterocycles. The maximum atomic E-state index is 11.1. The maximum absolute atomic E-state index is 11.1. The minimum Gasteiger partial charge on any atom is -0.494 e. The average Bonchev–Trinajstić information content (AvgIpc) is 2.58. The van der Waals surface area contributed by atoms with Crippen molar-refractivity contribution in [1.82, 2.24) is 0 Å². The second-order valence-corrected chi connectivity index (χ2v) is 4.45. The number of benzene rings is 1. The number of carbonyl (C=O) groups is 2. The van der Waals surface area contributed by atoms with E-state index in [0.29, 0.717) is 32.6 Å². The maximum Gasteiger partial charge on any atom is 0.307 e. The van der Waals surface area contributed by atoms with Crippen molar-refractivity contribution in [3.05, 3.63) is 24.3 Å². The third-order valence-electron chi connectivity index (χ3n) is 2.65. The number of esters is 1. The van der Waals surface area contributed by atoms with Crippen LogP contribution in [-0.4, -0.2) is 36.6 Å². The van der Waals surface area contributed by atoms with Crippen LogP contribution in [0, 0.1) is 12.0 Å². The zero-order valence-electron chi connectivity index (χ0n) is 14.4. The number of hydrogen-bond acceptors (Lipinski definition) is 6. The molecule has 0 atom stereocenters. The van der Waals surface area contributed by atoms with Gasteiger partial charge >= 0.3 is 5.97 Å². The van der Waals surface area contributed by atoms with Crippen LogP contribution < -0.4 is 10.1 Å². The Bertz CT molecular complexity index is 543. The number of Topliss-reactive ketones (excluding diaryl/α,β-unsaturated/α-hetero) is 1. The first-order valence-corrected chi connectivity index (χ1v) is 7.87. The number of nitrogens with one attached hydrogen (secondary N) is 1. The SMILES string of the molecule is CCC(=O)C#CO.CCOC(=O)CCNc1ccc(OCC)cc1. The van der Waals surface area contributed by atoms with Crippen LogP contribution >= 0.6 is 0 Å². The highest BCUT2D eigenvalue weighted by Gasteiger charge is 2.00. The molecule has 1 aromatic rings. The smallest absolute Gasteiger partial charge is 0.307 e. The Morgan fingerprint density at radius 2 is 1.79 bits per heavy atom. The van der Waals surface area contributed by atoms with Crippen molar-refractivity contribution >= 4 is 17.4 Å². The summed E-state index contributed by atoms with van der Waals surface area (Å²) in [5, 5.41) is 10.9. The number of ether oxygens (including phenoxy) is 2. The van der Waals surface area contributed by atoms with Crippen LogP contribution in [0.15, 0.2) is 24.3 Å². The molecular formula is C18H25NO5. The zero-order chi connectivity index (χ0) is 18.2. The summed E-state index contributed by atoms with van der Waals surface area (Å²) < 4.78 is 10.2. The Morgan fingerprint density at radius 3 is 2.25 bits per heavy atom. The molecule has 0 aliphatic carbocycles. The van der Waals surface area contributed by atoms with Crippen molar-refractivity contribution in [2.45, 2.75) is 33.6 Å². The first-order chi connectivity index (χ1) is 11.6. The second-order valence-electron chi connectivity index (χ2n) is 4.45. The summed E-state index contributed by atoms with van der Waals surface area (Å²) in [4.78, 5) is 21.2. The van der Waals surface area contributed by atoms with Crippen LogP contribution in [0.1, 0.15) is 33.6 Å². The molecule has 6 nitrogen and oxygen atoms in total. The predicted octanol–water partition coefficient (Wildman–Crippen LogP) is 2.75. The van der Waals surface area contributed by atoms with E-state index in [9.17, 15) is 9.59 Å². The van der Waals surface area contributed by atoms with Gasteiger partial charge in [0.05, 0.1) is 19.6 Å². The minimum absolute atomic E-state index is 0.175. The molecule has 2 N–H and O–H groups in total. The van der Waals surface area contributed by atoms with E-state index in [4.69, 9.17) is 14.6 Å². The van der Waals surface area contributed by atoms with Crippen molar-refractivity contribution in [1.29, 1.82) is 0 Å². The number of rotatable bonds is 8. The molecule has 1 rings (SSSR count). The van der Waals surface area contributed by atoms with Crippen molar-refractivity contribution in [3.8, 4) is 17.8 Å². The van der Waals surface area contributed by atoms with E-state index >= 15 is 0 Å². The van der Waals surface area contributed by atoms with E-state index in [0.717, 1.165) is 11.4 Å². The topological polar surface area (TPSA) is 84.9 Å². The fourth-order valence-electron chi connectivity index (χ4n) is 1.53. The van der Waals surface area contributed by atoms with Gasteiger partial charge in [-0.05, 0) is 38.1 Å². The van der Waals surface area contributed by atoms with Crippen LogP contribution in [0.25, 0.3) is 0 Å². The molecule has 6 heteroatoms. The van der Waals surface area contributed by atoms with Crippen LogP contribution in [0.5, 0.6) is 5.75 Å². The van der Waals surface area contributed by atoms with Crippen molar-refractivity contribution in [2.24, 2.45) is 0 Å². The van der Waals surface area contributed by atoms with E-state index in [1.807, 2.05) is 37.1 Å². The number of ketones is 1. The van der Waals surface area contributed by atoms with Gasteiger partial charge < -0.3 is 19.9 Å². The van der Waals surface area contributed by atoms with Crippen LogP contribution in [0.3, 0.4) is 0 Å². The summed E-state index contributed by atoms with van der Waals surface area (Å²) in [6.07, 6.45) is 2.26. The molecule has 0 saturated heterocycles. The summed E-state index contributed by atoms with van der Waals surface area (Å²) in [5.41, 5.74) is 0.970. The molecule has 0 amide bonds. The van der Waals surface area contributed by atoms with E-state index < -0.39 is 0 Å². The van der Waals surface area contributed by atoms with E-state index in [2.05, 4.69) is 5.32 Å². The van der Waals surface area contributed by atoms with Gasteiger partial charge in [0.1, 0.15) is 11.9 Å². The molecule has 0 radical (unpaired) electrons. The Kier molecular flexibility index (Phi) is 12.4. The molecule has 0 heterocycles. The Morgan fingerprint density at radius 1 is 1.12 bits per heavy atom. The van der Waals surface area contributed by atoms with Gasteiger partial charge in [-0.2, -0.15) is 0 Å². The summed E-state index contributed by atoms with van der Waals surface area (Å²) in [6, 6.07) is 7.65. The Hall–Kier alpha value is -2.68. The largest absolute Gasteiger partial charge is 0.494 e. The van der Waals surface area contributed by atoms with E-state index in [1.54, 1.807) is 13.8 Å². The van der Waals surface area contributed by atoms with Gasteiger partial charge in [0, 0.05) is 24.6 Å². The average molecular weight is 335 g/mol. The standard InChI is InChI=1S/C13H19NO3.C5H6O2/c1-3-16-12-7-5-11(6-8-12)14-10-9-13(15)17-4-2;1-2-5(7)3-4-6/h5-8,14H,3-4,9-10H2,1-2H3;6H,2H2,1H3. The van der Waals surface area contributed by atoms with Gasteiger partial charge in [-0.25, -0.2) is 0 Å². The third kappa shape index (κ3) is 11.0. The third-order valence-corrected chi connectivity index (χ3v) is 2.65. The fraction of sp³-hybridized carbons (Fsp3) is 0.444. The zero-order valence-corrected chi connectivity index (χ0v) is 14.4. The normalized spacial score (nSPS) is 8.79. The number of aliphatic hydroxyl groups is 1. The molecule has 0 bridgehead atoms. The van der Waals surface area contributed by atoms with Gasteiger partial charge in [-0.3, -0.25) is 9.59 Å². The quantitative estimate of drug-likeness (QED) is 0.561. The lowest BCUT2D eigenvalue weighted by Crippen LogP contribution is -2.11. The number of hydrogen-bond donors (Lipinski definition) is 2. The summed E-state index contributed by atoms with van der Waals surface area (Å²) in [5.74, 6) is 2.40. The summed E-state index contributed by atoms with van der Waals surface area (Å²) >= 11 is 0. The molecule has 0 saturated carbocycles. The molecular weight excluding hydrogens is 310 g/mol. The van der Waals surface area contributed by atoms with E-state index in [-0.39, 0.29) is 11.8 Å². The Labute approximate surface area is 143 Å². The predicted molar refractivity (Wildman–Crippen MR) is 92.4 cm³/mol. The summed E-state index contributed by atoms with van der Waals surface area (Å²) in [7, 11) is 0. The summed E-state index contributed by atoms with van der Waals surface area (Å²) in [6.45, 7) is 7.11. The highest BCUT2D eigenvalue weighted by molar-refractivity contribution is 5.94. The van der Waals surface area contributed by atoms with Gasteiger partial charge in [-0.15, -0.1) is 0 Å². The van der Waals surface area contributed by atoms with Crippen LogP contribution in [-0.2, 0) is 14.3 Å². The molecule has 24 heavy (non-hydrogen) atoms. The van der Waals surface area contributed by atoms with Gasteiger partial charge in [0.15, 0.2) is 0 Å². The molecule has 132 valence electrons. The fourth-order valence-corrected chi connectivity index (χ4v) is 1.53. The number of anilines is 1. The first-order valence-electron chi connectivity index (χ1n) is 7.87. The first kappa shape index (κ1) is 21.3.